The number of para-hydroxylation sites is 1. The smallest absolute Gasteiger partial charge is 0.266 e. The van der Waals surface area contributed by atoms with E-state index in [1.54, 1.807) is 22.8 Å². The molecule has 1 saturated carbocycles. The van der Waals surface area contributed by atoms with Crippen LogP contribution in [0.4, 0.5) is 0 Å². The maximum absolute atomic E-state index is 13.6. The highest BCUT2D eigenvalue weighted by molar-refractivity contribution is 6.30. The summed E-state index contributed by atoms with van der Waals surface area (Å²) in [5.41, 5.74) is 1.21. The van der Waals surface area contributed by atoms with E-state index in [9.17, 15) is 9.59 Å². The van der Waals surface area contributed by atoms with Crippen molar-refractivity contribution >= 4 is 28.4 Å². The topological polar surface area (TPSA) is 55.2 Å². The van der Waals surface area contributed by atoms with Gasteiger partial charge >= 0.3 is 0 Å². The fourth-order valence-corrected chi connectivity index (χ4v) is 4.30. The highest BCUT2D eigenvalue weighted by Crippen LogP contribution is 2.34. The molecule has 1 heterocycles. The molecule has 32 heavy (non-hydrogen) atoms. The molecular formula is C26H30ClN3O2. The summed E-state index contributed by atoms with van der Waals surface area (Å²) >= 11 is 6.10. The lowest BCUT2D eigenvalue weighted by Gasteiger charge is -2.31. The molecule has 1 aliphatic carbocycles. The highest BCUT2D eigenvalue weighted by Gasteiger charge is 2.36. The number of nitrogens with zero attached hydrogens (tertiary/aromatic N) is 3. The molecule has 3 aromatic rings. The lowest BCUT2D eigenvalue weighted by molar-refractivity contribution is -0.135. The van der Waals surface area contributed by atoms with Crippen molar-refractivity contribution in [3.8, 4) is 5.69 Å². The average Bonchev–Trinajstić information content (AvgIpc) is 3.65. The second kappa shape index (κ2) is 9.86. The first-order chi connectivity index (χ1) is 15.5. The zero-order valence-corrected chi connectivity index (χ0v) is 19.5. The van der Waals surface area contributed by atoms with Crippen LogP contribution in [-0.2, 0) is 4.79 Å². The van der Waals surface area contributed by atoms with E-state index in [4.69, 9.17) is 16.6 Å². The molecule has 6 heteroatoms. The Kier molecular flexibility index (Phi) is 6.95. The second-order valence-corrected chi connectivity index (χ2v) is 9.08. The lowest BCUT2D eigenvalue weighted by Crippen LogP contribution is -2.39. The number of hydrogen-bond donors (Lipinski definition) is 0. The molecule has 0 N–H and O–H groups in total. The van der Waals surface area contributed by atoms with Gasteiger partial charge in [0.25, 0.3) is 5.56 Å². The number of halogens is 1. The number of fused-ring (bicyclic) bond motifs is 1. The van der Waals surface area contributed by atoms with E-state index < -0.39 is 0 Å². The summed E-state index contributed by atoms with van der Waals surface area (Å²) in [6.07, 6.45) is 6.25. The van der Waals surface area contributed by atoms with Crippen LogP contribution in [0.15, 0.2) is 53.3 Å². The molecule has 2 aromatic carbocycles. The Labute approximate surface area is 194 Å². The minimum atomic E-state index is -0.322. The molecule has 1 atom stereocenters. The predicted molar refractivity (Wildman–Crippen MR) is 129 cm³/mol. The molecule has 4 rings (SSSR count). The van der Waals surface area contributed by atoms with Crippen LogP contribution in [-0.4, -0.2) is 26.9 Å². The fourth-order valence-electron chi connectivity index (χ4n) is 4.18. The van der Waals surface area contributed by atoms with E-state index in [-0.39, 0.29) is 23.4 Å². The normalized spacial score (nSPS) is 14.5. The average molecular weight is 452 g/mol. The van der Waals surface area contributed by atoms with Crippen molar-refractivity contribution in [2.45, 2.75) is 58.4 Å². The number of carbonyl (C=O) groups excluding carboxylic acids is 1. The van der Waals surface area contributed by atoms with Crippen molar-refractivity contribution < 1.29 is 4.79 Å². The van der Waals surface area contributed by atoms with Crippen LogP contribution in [0.25, 0.3) is 16.6 Å². The van der Waals surface area contributed by atoms with Crippen molar-refractivity contribution in [2.75, 3.05) is 6.54 Å². The number of benzene rings is 2. The van der Waals surface area contributed by atoms with E-state index in [0.29, 0.717) is 34.0 Å². The predicted octanol–water partition coefficient (Wildman–Crippen LogP) is 5.92. The summed E-state index contributed by atoms with van der Waals surface area (Å²) in [6, 6.07) is 14.2. The Morgan fingerprint density at radius 2 is 1.84 bits per heavy atom. The van der Waals surface area contributed by atoms with Crippen molar-refractivity contribution in [3.05, 3.63) is 69.7 Å². The van der Waals surface area contributed by atoms with Gasteiger partial charge < -0.3 is 4.90 Å². The number of amides is 1. The Morgan fingerprint density at radius 3 is 2.53 bits per heavy atom. The number of carbonyl (C=O) groups is 1. The van der Waals surface area contributed by atoms with Crippen molar-refractivity contribution in [2.24, 2.45) is 5.92 Å². The largest absolute Gasteiger partial charge is 0.333 e. The van der Waals surface area contributed by atoms with Gasteiger partial charge in [0, 0.05) is 17.5 Å². The minimum Gasteiger partial charge on any atom is -0.333 e. The maximum Gasteiger partial charge on any atom is 0.266 e. The van der Waals surface area contributed by atoms with Gasteiger partial charge in [-0.25, -0.2) is 4.98 Å². The monoisotopic (exact) mass is 451 g/mol. The van der Waals surface area contributed by atoms with Gasteiger partial charge in [-0.05, 0) is 62.6 Å². The molecule has 1 unspecified atom stereocenters. The molecule has 0 radical (unpaired) electrons. The maximum atomic E-state index is 13.6. The van der Waals surface area contributed by atoms with Gasteiger partial charge in [0.05, 0.1) is 22.6 Å². The van der Waals surface area contributed by atoms with Gasteiger partial charge in [0.1, 0.15) is 5.82 Å². The van der Waals surface area contributed by atoms with Gasteiger partial charge in [0.15, 0.2) is 0 Å². The molecule has 0 saturated heterocycles. The summed E-state index contributed by atoms with van der Waals surface area (Å²) in [7, 11) is 0. The fraction of sp³-hybridized carbons (Fsp3) is 0.423. The van der Waals surface area contributed by atoms with Crippen LogP contribution >= 0.6 is 11.6 Å². The van der Waals surface area contributed by atoms with Crippen LogP contribution in [0, 0.1) is 5.92 Å². The summed E-state index contributed by atoms with van der Waals surface area (Å²) in [5.74, 6) is 0.874. The van der Waals surface area contributed by atoms with E-state index in [2.05, 4.69) is 6.92 Å². The minimum absolute atomic E-state index is 0.111. The molecule has 1 aromatic heterocycles. The molecule has 5 nitrogen and oxygen atoms in total. The molecule has 0 spiro atoms. The Morgan fingerprint density at radius 1 is 1.12 bits per heavy atom. The Hall–Kier alpha value is -2.66. The van der Waals surface area contributed by atoms with Crippen molar-refractivity contribution in [1.82, 2.24) is 14.5 Å². The third-order valence-electron chi connectivity index (χ3n) is 6.19. The number of rotatable bonds is 9. The number of aromatic nitrogens is 2. The van der Waals surface area contributed by atoms with Crippen molar-refractivity contribution in [3.63, 3.8) is 0 Å². The van der Waals surface area contributed by atoms with Crippen LogP contribution < -0.4 is 5.56 Å². The van der Waals surface area contributed by atoms with Crippen molar-refractivity contribution in [1.29, 1.82) is 0 Å². The molecule has 0 bridgehead atoms. The van der Waals surface area contributed by atoms with E-state index in [0.717, 1.165) is 38.5 Å². The lowest BCUT2D eigenvalue weighted by atomic mass is 10.1. The van der Waals surface area contributed by atoms with Crippen LogP contribution in [0.5, 0.6) is 0 Å². The van der Waals surface area contributed by atoms with Crippen LogP contribution in [0.1, 0.15) is 64.2 Å². The van der Waals surface area contributed by atoms with Gasteiger partial charge in [0.2, 0.25) is 5.91 Å². The molecular weight excluding hydrogens is 422 g/mol. The number of unbranched alkanes of at least 4 members (excludes halogenated alkanes) is 3. The van der Waals surface area contributed by atoms with Crippen LogP contribution in [0.3, 0.4) is 0 Å². The summed E-state index contributed by atoms with van der Waals surface area (Å²) in [6.45, 7) is 4.85. The van der Waals surface area contributed by atoms with E-state index in [1.165, 1.54) is 0 Å². The second-order valence-electron chi connectivity index (χ2n) is 8.65. The van der Waals surface area contributed by atoms with E-state index >= 15 is 0 Å². The van der Waals surface area contributed by atoms with Gasteiger partial charge in [-0.15, -0.1) is 0 Å². The van der Waals surface area contributed by atoms with Gasteiger partial charge in [-0.1, -0.05) is 49.9 Å². The molecule has 168 valence electrons. The first-order valence-corrected chi connectivity index (χ1v) is 12.0. The quantitative estimate of drug-likeness (QED) is 0.379. The molecule has 1 amide bonds. The zero-order valence-electron chi connectivity index (χ0n) is 18.8. The summed E-state index contributed by atoms with van der Waals surface area (Å²) in [4.78, 5) is 33.6. The van der Waals surface area contributed by atoms with E-state index in [1.807, 2.05) is 42.2 Å². The van der Waals surface area contributed by atoms with Gasteiger partial charge in [-0.2, -0.15) is 0 Å². The summed E-state index contributed by atoms with van der Waals surface area (Å²) < 4.78 is 1.64. The Balaban J connectivity index is 1.81. The number of hydrogen-bond acceptors (Lipinski definition) is 3. The molecule has 0 aliphatic heterocycles. The summed E-state index contributed by atoms with van der Waals surface area (Å²) in [5, 5.41) is 1.16. The zero-order chi connectivity index (χ0) is 22.7. The first-order valence-electron chi connectivity index (χ1n) is 11.6. The standard InChI is InChI=1S/C26H30ClN3O2/c1-3-4-5-8-17-29(25(31)19-11-12-19)18(2)24-28-23-10-7-6-9-22(23)26(32)30(24)21-15-13-20(27)14-16-21/h6-7,9-10,13-16,18-19H,3-5,8,11-12,17H2,1-2H3. The highest BCUT2D eigenvalue weighted by atomic mass is 35.5. The third kappa shape index (κ3) is 4.73. The third-order valence-corrected chi connectivity index (χ3v) is 6.44. The first kappa shape index (κ1) is 22.5. The SMILES string of the molecule is CCCCCCN(C(=O)C1CC1)C(C)c1nc2ccccc2c(=O)n1-c1ccc(Cl)cc1. The van der Waals surface area contributed by atoms with Gasteiger partial charge in [-0.3, -0.25) is 14.2 Å². The Bertz CT molecular complexity index is 1150. The molecule has 1 aliphatic rings. The molecule has 1 fully saturated rings. The van der Waals surface area contributed by atoms with Crippen LogP contribution in [0.2, 0.25) is 5.02 Å².